The fourth-order valence-corrected chi connectivity index (χ4v) is 6.67. The summed E-state index contributed by atoms with van der Waals surface area (Å²) < 4.78 is 0. The van der Waals surface area contributed by atoms with Crippen molar-refractivity contribution in [3.05, 3.63) is 42.2 Å². The molecule has 4 heterocycles. The van der Waals surface area contributed by atoms with Crippen molar-refractivity contribution < 1.29 is 4.79 Å². The summed E-state index contributed by atoms with van der Waals surface area (Å²) in [4.78, 5) is 28.4. The highest BCUT2D eigenvalue weighted by Crippen LogP contribution is 2.33. The first-order valence-corrected chi connectivity index (χ1v) is 14.0. The first-order valence-electron chi connectivity index (χ1n) is 14.0. The highest BCUT2D eigenvalue weighted by atomic mass is 16.2. The van der Waals surface area contributed by atoms with E-state index in [1.807, 2.05) is 11.1 Å². The molecule has 0 unspecified atom stereocenters. The van der Waals surface area contributed by atoms with Crippen LogP contribution in [0.4, 0.5) is 22.1 Å². The fourth-order valence-electron chi connectivity index (χ4n) is 6.67. The molecule has 1 aliphatic carbocycles. The number of hydrogen-bond acceptors (Lipinski definition) is 6. The lowest BCUT2D eigenvalue weighted by molar-refractivity contribution is 0.154. The third-order valence-electron chi connectivity index (χ3n) is 8.70. The maximum Gasteiger partial charge on any atom is 0.317 e. The minimum atomic E-state index is 0.0613. The van der Waals surface area contributed by atoms with Crippen LogP contribution in [0.5, 0.6) is 0 Å². The molecule has 0 spiro atoms. The Hall–Kier alpha value is -2.87. The molecule has 4 fully saturated rings. The van der Waals surface area contributed by atoms with E-state index in [0.717, 1.165) is 62.4 Å². The van der Waals surface area contributed by atoms with E-state index >= 15 is 0 Å². The predicted molar refractivity (Wildman–Crippen MR) is 143 cm³/mol. The van der Waals surface area contributed by atoms with Crippen LogP contribution in [0.1, 0.15) is 62.8 Å². The number of nitrogens with one attached hydrogen (secondary N) is 2. The summed E-state index contributed by atoms with van der Waals surface area (Å²) >= 11 is 0. The van der Waals surface area contributed by atoms with Gasteiger partial charge in [0.2, 0.25) is 0 Å². The zero-order valence-corrected chi connectivity index (χ0v) is 21.2. The summed E-state index contributed by atoms with van der Waals surface area (Å²) in [6.07, 6.45) is 13.9. The van der Waals surface area contributed by atoms with E-state index in [1.54, 1.807) is 6.20 Å². The van der Waals surface area contributed by atoms with Gasteiger partial charge in [-0.2, -0.15) is 0 Å². The number of anilines is 3. The lowest BCUT2D eigenvalue weighted by Crippen LogP contribution is -2.49. The Morgan fingerprint density at radius 2 is 1.64 bits per heavy atom. The maximum atomic E-state index is 12.1. The van der Waals surface area contributed by atoms with Gasteiger partial charge in [-0.25, -0.2) is 9.78 Å². The zero-order chi connectivity index (χ0) is 24.3. The van der Waals surface area contributed by atoms with Crippen LogP contribution in [-0.4, -0.2) is 77.2 Å². The third kappa shape index (κ3) is 5.14. The molecular weight excluding hydrogens is 450 g/mol. The van der Waals surface area contributed by atoms with Crippen molar-refractivity contribution in [2.75, 3.05) is 49.5 Å². The van der Waals surface area contributed by atoms with E-state index < -0.39 is 0 Å². The van der Waals surface area contributed by atoms with Gasteiger partial charge in [0.25, 0.3) is 0 Å². The number of benzene rings is 1. The number of hydrogen-bond donors (Lipinski definition) is 2. The van der Waals surface area contributed by atoms with Crippen LogP contribution in [0.3, 0.4) is 0 Å². The molecule has 3 aliphatic heterocycles. The second-order valence-electron chi connectivity index (χ2n) is 10.9. The third-order valence-corrected chi connectivity index (χ3v) is 8.70. The Balaban J connectivity index is 1.05. The average Bonchev–Trinajstić information content (AvgIpc) is 3.62. The molecule has 8 heteroatoms. The normalized spacial score (nSPS) is 24.3. The molecule has 3 saturated heterocycles. The molecule has 6 rings (SSSR count). The van der Waals surface area contributed by atoms with Gasteiger partial charge in [0.05, 0.1) is 18.4 Å². The summed E-state index contributed by atoms with van der Waals surface area (Å²) in [6, 6.07) is 10.1. The minimum Gasteiger partial charge on any atom is -0.353 e. The van der Waals surface area contributed by atoms with Gasteiger partial charge in [-0.05, 0) is 75.2 Å². The molecule has 8 nitrogen and oxygen atoms in total. The number of piperidine rings is 2. The quantitative estimate of drug-likeness (QED) is 0.629. The number of amides is 2. The van der Waals surface area contributed by atoms with E-state index in [2.05, 4.69) is 49.7 Å². The molecule has 1 saturated carbocycles. The molecule has 0 radical (unpaired) electrons. The van der Waals surface area contributed by atoms with Gasteiger partial charge in [-0.15, -0.1) is 0 Å². The summed E-state index contributed by atoms with van der Waals surface area (Å²) in [5, 5.41) is 6.37. The van der Waals surface area contributed by atoms with Crippen molar-refractivity contribution in [2.24, 2.45) is 0 Å². The highest BCUT2D eigenvalue weighted by Gasteiger charge is 2.32. The van der Waals surface area contributed by atoms with Gasteiger partial charge in [-0.1, -0.05) is 25.0 Å². The van der Waals surface area contributed by atoms with E-state index in [1.165, 1.54) is 57.2 Å². The Bertz CT molecular complexity index is 1030. The van der Waals surface area contributed by atoms with E-state index in [4.69, 9.17) is 4.98 Å². The fraction of sp³-hybridized carbons (Fsp3) is 0.607. The first kappa shape index (κ1) is 23.5. The monoisotopic (exact) mass is 489 g/mol. The van der Waals surface area contributed by atoms with Crippen LogP contribution in [0, 0.1) is 0 Å². The van der Waals surface area contributed by atoms with E-state index in [9.17, 15) is 4.79 Å². The molecule has 4 aliphatic rings. The smallest absolute Gasteiger partial charge is 0.317 e. The van der Waals surface area contributed by atoms with Crippen LogP contribution in [-0.2, 0) is 0 Å². The van der Waals surface area contributed by atoms with Crippen molar-refractivity contribution in [1.82, 2.24) is 25.1 Å². The molecule has 0 bridgehead atoms. The van der Waals surface area contributed by atoms with Crippen LogP contribution in [0.25, 0.3) is 0 Å². The molecular formula is C28H39N7O. The van der Waals surface area contributed by atoms with Crippen LogP contribution < -0.4 is 15.5 Å². The number of aromatic nitrogens is 2. The number of carbonyl (C=O) groups is 1. The molecule has 1 aromatic carbocycles. The number of likely N-dealkylation sites (tertiary alicyclic amines) is 1. The highest BCUT2D eigenvalue weighted by molar-refractivity contribution is 5.76. The Kier molecular flexibility index (Phi) is 6.94. The average molecular weight is 490 g/mol. The molecule has 1 atom stereocenters. The van der Waals surface area contributed by atoms with Gasteiger partial charge >= 0.3 is 6.03 Å². The summed E-state index contributed by atoms with van der Waals surface area (Å²) in [5.41, 5.74) is 2.50. The Labute approximate surface area is 214 Å². The predicted octanol–water partition coefficient (Wildman–Crippen LogP) is 4.34. The van der Waals surface area contributed by atoms with E-state index in [-0.39, 0.29) is 12.1 Å². The zero-order valence-electron chi connectivity index (χ0n) is 21.2. The van der Waals surface area contributed by atoms with Crippen LogP contribution >= 0.6 is 0 Å². The van der Waals surface area contributed by atoms with Gasteiger partial charge in [0.1, 0.15) is 5.82 Å². The van der Waals surface area contributed by atoms with Gasteiger partial charge in [0, 0.05) is 37.9 Å². The van der Waals surface area contributed by atoms with Crippen LogP contribution in [0.2, 0.25) is 0 Å². The van der Waals surface area contributed by atoms with E-state index in [0.29, 0.717) is 5.92 Å². The number of urea groups is 1. The van der Waals surface area contributed by atoms with Crippen molar-refractivity contribution in [3.8, 4) is 0 Å². The maximum absolute atomic E-state index is 12.1. The van der Waals surface area contributed by atoms with Crippen molar-refractivity contribution in [3.63, 3.8) is 0 Å². The lowest BCUT2D eigenvalue weighted by atomic mass is 9.88. The topological polar surface area (TPSA) is 76.6 Å². The molecule has 1 aromatic heterocycles. The van der Waals surface area contributed by atoms with Gasteiger partial charge < -0.3 is 25.3 Å². The molecule has 2 amide bonds. The Morgan fingerprint density at radius 3 is 2.39 bits per heavy atom. The lowest BCUT2D eigenvalue weighted by Gasteiger charge is -2.37. The van der Waals surface area contributed by atoms with Gasteiger partial charge in [-0.3, -0.25) is 4.98 Å². The largest absolute Gasteiger partial charge is 0.353 e. The second-order valence-corrected chi connectivity index (χ2v) is 10.9. The summed E-state index contributed by atoms with van der Waals surface area (Å²) in [7, 11) is 0. The van der Waals surface area contributed by atoms with Crippen molar-refractivity contribution in [1.29, 1.82) is 0 Å². The first-order chi connectivity index (χ1) is 17.7. The molecule has 192 valence electrons. The SMILES string of the molecule is O=C1NCCN1[C@@H]1CCCN(c2cncc(Nc3ccc(C4CCN(C5CCCC5)CC4)cc3)n2)C1. The number of nitrogens with zero attached hydrogens (tertiary/aromatic N) is 5. The van der Waals surface area contributed by atoms with Crippen molar-refractivity contribution >= 4 is 23.4 Å². The van der Waals surface area contributed by atoms with Gasteiger partial charge in [0.15, 0.2) is 5.82 Å². The molecule has 2 aromatic rings. The summed E-state index contributed by atoms with van der Waals surface area (Å²) in [5.74, 6) is 2.30. The Morgan fingerprint density at radius 1 is 0.861 bits per heavy atom. The minimum absolute atomic E-state index is 0.0613. The van der Waals surface area contributed by atoms with Crippen LogP contribution in [0.15, 0.2) is 36.7 Å². The molecule has 2 N–H and O–H groups in total. The summed E-state index contributed by atoms with van der Waals surface area (Å²) in [6.45, 7) is 5.78. The molecule has 36 heavy (non-hydrogen) atoms. The second kappa shape index (κ2) is 10.6. The number of rotatable bonds is 6. The standard InChI is InChI=1S/C28H39N7O/c36-28-30-13-17-35(28)25-6-3-14-34(20-25)27-19-29-18-26(32-27)31-23-9-7-21(8-10-23)22-11-15-33(16-12-22)24-4-1-2-5-24/h7-10,18-19,22,24-25H,1-6,11-17,20H2,(H,30,36)(H,31,32)/t25-/m1/s1. The van der Waals surface area contributed by atoms with Crippen molar-refractivity contribution in [2.45, 2.75) is 69.4 Å². The number of carbonyl (C=O) groups excluding carboxylic acids is 1.